The first-order valence-electron chi connectivity index (χ1n) is 9.08. The zero-order valence-electron chi connectivity index (χ0n) is 16.1. The minimum Gasteiger partial charge on any atom is -0.448 e. The number of benzene rings is 2. The SMILES string of the molecule is CCc1ccc(-c2nc(C(=O)O[C@H](C)C(=O)N(C)c3ccccc3)cs2)cc1. The molecule has 5 nitrogen and oxygen atoms in total. The van der Waals surface area contributed by atoms with Crippen LogP contribution in [0.3, 0.4) is 0 Å². The van der Waals surface area contributed by atoms with E-state index >= 15 is 0 Å². The summed E-state index contributed by atoms with van der Waals surface area (Å²) in [7, 11) is 1.66. The van der Waals surface area contributed by atoms with Crippen molar-refractivity contribution in [2.45, 2.75) is 26.4 Å². The fourth-order valence-corrected chi connectivity index (χ4v) is 3.50. The lowest BCUT2D eigenvalue weighted by Gasteiger charge is -2.21. The number of anilines is 1. The highest BCUT2D eigenvalue weighted by atomic mass is 32.1. The Hall–Kier alpha value is -2.99. The molecule has 1 amide bonds. The first-order chi connectivity index (χ1) is 13.5. The number of hydrogen-bond acceptors (Lipinski definition) is 5. The highest BCUT2D eigenvalue weighted by Crippen LogP contribution is 2.25. The summed E-state index contributed by atoms with van der Waals surface area (Å²) in [5.41, 5.74) is 3.15. The summed E-state index contributed by atoms with van der Waals surface area (Å²) in [6, 6.07) is 17.3. The second-order valence-electron chi connectivity index (χ2n) is 6.37. The molecule has 0 N–H and O–H groups in total. The summed E-state index contributed by atoms with van der Waals surface area (Å²) in [5, 5.41) is 2.40. The number of ether oxygens (including phenoxy) is 1. The second-order valence-corrected chi connectivity index (χ2v) is 7.23. The van der Waals surface area contributed by atoms with Crippen LogP contribution in [-0.2, 0) is 16.0 Å². The third kappa shape index (κ3) is 4.46. The lowest BCUT2D eigenvalue weighted by Crippen LogP contribution is -2.37. The van der Waals surface area contributed by atoms with E-state index < -0.39 is 12.1 Å². The molecule has 1 heterocycles. The fourth-order valence-electron chi connectivity index (χ4n) is 2.71. The number of esters is 1. The average Bonchev–Trinajstić information content (AvgIpc) is 3.23. The van der Waals surface area contributed by atoms with Gasteiger partial charge in [0.1, 0.15) is 5.01 Å². The maximum atomic E-state index is 12.5. The van der Waals surface area contributed by atoms with Crippen LogP contribution in [0.1, 0.15) is 29.9 Å². The highest BCUT2D eigenvalue weighted by molar-refractivity contribution is 7.13. The summed E-state index contributed by atoms with van der Waals surface area (Å²) < 4.78 is 5.34. The third-order valence-corrected chi connectivity index (χ3v) is 5.32. The zero-order chi connectivity index (χ0) is 20.1. The molecule has 1 aromatic heterocycles. The maximum Gasteiger partial charge on any atom is 0.358 e. The van der Waals surface area contributed by atoms with Crippen LogP contribution in [-0.4, -0.2) is 30.0 Å². The first-order valence-corrected chi connectivity index (χ1v) is 9.96. The smallest absolute Gasteiger partial charge is 0.358 e. The van der Waals surface area contributed by atoms with E-state index in [1.807, 2.05) is 42.5 Å². The molecular formula is C22H22N2O3S. The van der Waals surface area contributed by atoms with Crippen LogP contribution >= 0.6 is 11.3 Å². The quantitative estimate of drug-likeness (QED) is 0.574. The van der Waals surface area contributed by atoms with Gasteiger partial charge in [0.2, 0.25) is 0 Å². The molecule has 2 aromatic carbocycles. The Morgan fingerprint density at radius 1 is 1.11 bits per heavy atom. The number of rotatable bonds is 6. The van der Waals surface area contributed by atoms with Crippen LogP contribution in [0.2, 0.25) is 0 Å². The Morgan fingerprint density at radius 2 is 1.79 bits per heavy atom. The number of thiazole rings is 1. The molecule has 0 fully saturated rings. The van der Waals surface area contributed by atoms with E-state index in [2.05, 4.69) is 24.0 Å². The van der Waals surface area contributed by atoms with Gasteiger partial charge in [0.25, 0.3) is 5.91 Å². The molecule has 3 aromatic rings. The number of amides is 1. The molecule has 0 spiro atoms. The number of aryl methyl sites for hydroxylation is 1. The van der Waals surface area contributed by atoms with Crippen molar-refractivity contribution in [3.63, 3.8) is 0 Å². The van der Waals surface area contributed by atoms with E-state index in [0.29, 0.717) is 0 Å². The molecule has 6 heteroatoms. The predicted molar refractivity (Wildman–Crippen MR) is 112 cm³/mol. The van der Waals surface area contributed by atoms with Gasteiger partial charge in [-0.1, -0.05) is 49.4 Å². The van der Waals surface area contributed by atoms with Crippen molar-refractivity contribution in [1.29, 1.82) is 0 Å². The van der Waals surface area contributed by atoms with Crippen LogP contribution in [0.5, 0.6) is 0 Å². The van der Waals surface area contributed by atoms with Crippen LogP contribution < -0.4 is 4.90 Å². The molecule has 0 radical (unpaired) electrons. The van der Waals surface area contributed by atoms with Gasteiger partial charge in [0.15, 0.2) is 11.8 Å². The van der Waals surface area contributed by atoms with Crippen molar-refractivity contribution >= 4 is 28.9 Å². The molecule has 0 saturated carbocycles. The van der Waals surface area contributed by atoms with Gasteiger partial charge in [-0.3, -0.25) is 4.79 Å². The minimum absolute atomic E-state index is 0.210. The van der Waals surface area contributed by atoms with Crippen molar-refractivity contribution in [3.8, 4) is 10.6 Å². The first kappa shape index (κ1) is 19.8. The number of aromatic nitrogens is 1. The molecule has 0 aliphatic rings. The van der Waals surface area contributed by atoms with Crippen molar-refractivity contribution < 1.29 is 14.3 Å². The van der Waals surface area contributed by atoms with Gasteiger partial charge >= 0.3 is 5.97 Å². The minimum atomic E-state index is -0.910. The summed E-state index contributed by atoms with van der Waals surface area (Å²) in [6.07, 6.45) is 0.0608. The van der Waals surface area contributed by atoms with Gasteiger partial charge in [-0.05, 0) is 31.0 Å². The van der Waals surface area contributed by atoms with E-state index in [1.54, 1.807) is 19.4 Å². The number of likely N-dealkylation sites (N-methyl/N-ethyl adjacent to an activating group) is 1. The number of carbonyl (C=O) groups excluding carboxylic acids is 2. The number of para-hydroxylation sites is 1. The summed E-state index contributed by atoms with van der Waals surface area (Å²) >= 11 is 1.38. The second kappa shape index (κ2) is 8.80. The van der Waals surface area contributed by atoms with Gasteiger partial charge in [-0.25, -0.2) is 9.78 Å². The molecule has 144 valence electrons. The molecule has 0 bridgehead atoms. The van der Waals surface area contributed by atoms with Crippen LogP contribution in [0.25, 0.3) is 10.6 Å². The van der Waals surface area contributed by atoms with E-state index in [9.17, 15) is 9.59 Å². The van der Waals surface area contributed by atoms with Gasteiger partial charge < -0.3 is 9.64 Å². The monoisotopic (exact) mass is 394 g/mol. The Bertz CT molecular complexity index is 951. The summed E-state index contributed by atoms with van der Waals surface area (Å²) in [5.74, 6) is -0.903. The third-order valence-electron chi connectivity index (χ3n) is 4.43. The summed E-state index contributed by atoms with van der Waals surface area (Å²) in [4.78, 5) is 30.8. The molecule has 0 aliphatic heterocycles. The maximum absolute atomic E-state index is 12.5. The van der Waals surface area contributed by atoms with Crippen molar-refractivity contribution in [1.82, 2.24) is 4.98 Å². The highest BCUT2D eigenvalue weighted by Gasteiger charge is 2.24. The normalized spacial score (nSPS) is 11.7. The Kier molecular flexibility index (Phi) is 6.21. The zero-order valence-corrected chi connectivity index (χ0v) is 16.9. The van der Waals surface area contributed by atoms with E-state index in [1.165, 1.54) is 21.8 Å². The topological polar surface area (TPSA) is 59.5 Å². The molecular weight excluding hydrogens is 372 g/mol. The van der Waals surface area contributed by atoms with Gasteiger partial charge in [0, 0.05) is 23.7 Å². The van der Waals surface area contributed by atoms with Crippen molar-refractivity contribution in [2.24, 2.45) is 0 Å². The lowest BCUT2D eigenvalue weighted by molar-refractivity contribution is -0.126. The summed E-state index contributed by atoms with van der Waals surface area (Å²) in [6.45, 7) is 3.67. The van der Waals surface area contributed by atoms with Gasteiger partial charge in [-0.15, -0.1) is 11.3 Å². The predicted octanol–water partition coefficient (Wildman–Crippen LogP) is 4.58. The average molecular weight is 394 g/mol. The molecule has 28 heavy (non-hydrogen) atoms. The van der Waals surface area contributed by atoms with Crippen LogP contribution in [0.15, 0.2) is 60.0 Å². The van der Waals surface area contributed by atoms with Crippen molar-refractivity contribution in [2.75, 3.05) is 11.9 Å². The van der Waals surface area contributed by atoms with Gasteiger partial charge in [-0.2, -0.15) is 0 Å². The fraction of sp³-hybridized carbons (Fsp3) is 0.227. The Balaban J connectivity index is 1.65. The van der Waals surface area contributed by atoms with Gasteiger partial charge in [0.05, 0.1) is 0 Å². The molecule has 0 saturated heterocycles. The lowest BCUT2D eigenvalue weighted by atomic mass is 10.1. The largest absolute Gasteiger partial charge is 0.448 e. The number of hydrogen-bond donors (Lipinski definition) is 0. The number of nitrogens with zero attached hydrogens (tertiary/aromatic N) is 2. The van der Waals surface area contributed by atoms with Crippen LogP contribution in [0, 0.1) is 0 Å². The van der Waals surface area contributed by atoms with E-state index in [0.717, 1.165) is 22.7 Å². The molecule has 3 rings (SSSR count). The Labute approximate surface area is 168 Å². The van der Waals surface area contributed by atoms with E-state index in [-0.39, 0.29) is 11.6 Å². The molecule has 0 unspecified atom stereocenters. The van der Waals surface area contributed by atoms with E-state index in [4.69, 9.17) is 4.74 Å². The van der Waals surface area contributed by atoms with Crippen molar-refractivity contribution in [3.05, 3.63) is 71.2 Å². The number of carbonyl (C=O) groups is 2. The van der Waals surface area contributed by atoms with Crippen LogP contribution in [0.4, 0.5) is 5.69 Å². The Morgan fingerprint density at radius 3 is 2.43 bits per heavy atom. The molecule has 1 atom stereocenters. The molecule has 0 aliphatic carbocycles. The standard InChI is InChI=1S/C22H22N2O3S/c1-4-16-10-12-17(13-11-16)20-23-19(14-28-20)22(26)27-15(2)21(25)24(3)18-8-6-5-7-9-18/h5-15H,4H2,1-3H3/t15-/m1/s1.